The van der Waals surface area contributed by atoms with Gasteiger partial charge in [0.25, 0.3) is 5.69 Å². The normalized spacial score (nSPS) is 11.7. The molecule has 1 N–H and O–H groups in total. The molecule has 1 amide bonds. The van der Waals surface area contributed by atoms with Crippen molar-refractivity contribution in [1.29, 1.82) is 0 Å². The molecule has 2 aromatic carbocycles. The van der Waals surface area contributed by atoms with Gasteiger partial charge in [-0.1, -0.05) is 11.6 Å². The first-order chi connectivity index (χ1) is 11.8. The molecule has 132 valence electrons. The Kier molecular flexibility index (Phi) is 6.27. The fraction of sp³-hybridized carbons (Fsp3) is 0.235. The van der Waals surface area contributed by atoms with Crippen LogP contribution in [0.3, 0.4) is 0 Å². The summed E-state index contributed by atoms with van der Waals surface area (Å²) in [5, 5.41) is 13.7. The number of halogens is 1. The molecule has 0 fully saturated rings. The number of hydrogen-bond acceptors (Lipinski definition) is 5. The molecule has 25 heavy (non-hydrogen) atoms. The molecule has 8 heteroatoms. The number of nitrogens with zero attached hydrogens (tertiary/aromatic N) is 1. The topological polar surface area (TPSA) is 81.5 Å². The van der Waals surface area contributed by atoms with Crippen LogP contribution in [0.4, 0.5) is 11.4 Å². The van der Waals surface area contributed by atoms with E-state index in [1.165, 1.54) is 31.0 Å². The maximum absolute atomic E-state index is 12.4. The van der Waals surface area contributed by atoms with Crippen molar-refractivity contribution >= 4 is 40.6 Å². The molecule has 0 aromatic heterocycles. The smallest absolute Gasteiger partial charge is 0.269 e. The van der Waals surface area contributed by atoms with Gasteiger partial charge in [-0.25, -0.2) is 0 Å². The molecule has 0 aliphatic carbocycles. The maximum atomic E-state index is 12.4. The molecule has 0 spiro atoms. The zero-order valence-corrected chi connectivity index (χ0v) is 15.5. The summed E-state index contributed by atoms with van der Waals surface area (Å²) in [4.78, 5) is 23.4. The number of nitrogens with one attached hydrogen (secondary N) is 1. The number of methoxy groups -OCH3 is 1. The van der Waals surface area contributed by atoms with Gasteiger partial charge in [0.15, 0.2) is 0 Å². The molecule has 6 nitrogen and oxygen atoms in total. The first-order valence-electron chi connectivity index (χ1n) is 7.38. The maximum Gasteiger partial charge on any atom is 0.269 e. The van der Waals surface area contributed by atoms with Crippen LogP contribution in [0.25, 0.3) is 0 Å². The molecule has 2 aromatic rings. The van der Waals surface area contributed by atoms with Crippen LogP contribution in [0.2, 0.25) is 5.02 Å². The lowest BCUT2D eigenvalue weighted by Gasteiger charge is -2.15. The highest BCUT2D eigenvalue weighted by molar-refractivity contribution is 8.00. The number of anilines is 1. The van der Waals surface area contributed by atoms with Gasteiger partial charge < -0.3 is 10.1 Å². The highest BCUT2D eigenvalue weighted by atomic mass is 35.5. The van der Waals surface area contributed by atoms with E-state index in [1.807, 2.05) is 6.92 Å². The predicted molar refractivity (Wildman–Crippen MR) is 99.8 cm³/mol. The first-order valence-corrected chi connectivity index (χ1v) is 8.63. The zero-order chi connectivity index (χ0) is 18.6. The number of ether oxygens (including phenoxy) is 1. The van der Waals surface area contributed by atoms with Crippen molar-refractivity contribution in [3.63, 3.8) is 0 Å². The Morgan fingerprint density at radius 1 is 1.32 bits per heavy atom. The number of nitro benzene ring substituents is 1. The third-order valence-corrected chi connectivity index (χ3v) is 4.99. The molecule has 0 aliphatic rings. The number of amides is 1. The molecule has 2 rings (SSSR count). The van der Waals surface area contributed by atoms with Gasteiger partial charge in [-0.15, -0.1) is 11.8 Å². The van der Waals surface area contributed by atoms with Crippen molar-refractivity contribution < 1.29 is 14.5 Å². The third-order valence-electron chi connectivity index (χ3n) is 3.47. The number of carbonyl (C=O) groups excluding carboxylic acids is 1. The number of non-ortho nitro benzene ring substituents is 1. The molecule has 0 bridgehead atoms. The Bertz CT molecular complexity index is 796. The van der Waals surface area contributed by atoms with Gasteiger partial charge >= 0.3 is 0 Å². The fourth-order valence-corrected chi connectivity index (χ4v) is 3.09. The van der Waals surface area contributed by atoms with Crippen LogP contribution >= 0.6 is 23.4 Å². The van der Waals surface area contributed by atoms with E-state index in [0.29, 0.717) is 16.5 Å². The van der Waals surface area contributed by atoms with Gasteiger partial charge in [-0.2, -0.15) is 0 Å². The second kappa shape index (κ2) is 8.22. The van der Waals surface area contributed by atoms with Gasteiger partial charge in [0.2, 0.25) is 5.91 Å². The van der Waals surface area contributed by atoms with Crippen molar-refractivity contribution in [3.05, 3.63) is 57.1 Å². The second-order valence-corrected chi connectivity index (χ2v) is 7.12. The Morgan fingerprint density at radius 3 is 2.52 bits per heavy atom. The first kappa shape index (κ1) is 19.1. The van der Waals surface area contributed by atoms with E-state index in [-0.39, 0.29) is 11.6 Å². The minimum Gasteiger partial charge on any atom is -0.495 e. The Morgan fingerprint density at radius 2 is 1.96 bits per heavy atom. The summed E-state index contributed by atoms with van der Waals surface area (Å²) in [5.74, 6) is 0.278. The summed E-state index contributed by atoms with van der Waals surface area (Å²) in [6.07, 6.45) is 0. The van der Waals surface area contributed by atoms with E-state index in [4.69, 9.17) is 16.3 Å². The van der Waals surface area contributed by atoms with Gasteiger partial charge in [0, 0.05) is 28.1 Å². The highest BCUT2D eigenvalue weighted by Gasteiger charge is 2.17. The molecule has 0 saturated carbocycles. The van der Waals surface area contributed by atoms with Crippen LogP contribution in [0.1, 0.15) is 12.5 Å². The van der Waals surface area contributed by atoms with Crippen LogP contribution in [-0.2, 0) is 4.79 Å². The monoisotopic (exact) mass is 380 g/mol. The van der Waals surface area contributed by atoms with Gasteiger partial charge in [-0.05, 0) is 37.6 Å². The van der Waals surface area contributed by atoms with Gasteiger partial charge in [-0.3, -0.25) is 14.9 Å². The van der Waals surface area contributed by atoms with Crippen LogP contribution in [0, 0.1) is 17.0 Å². The van der Waals surface area contributed by atoms with Crippen molar-refractivity contribution in [2.24, 2.45) is 0 Å². The van der Waals surface area contributed by atoms with E-state index in [1.54, 1.807) is 31.2 Å². The van der Waals surface area contributed by atoms with Crippen LogP contribution < -0.4 is 10.1 Å². The molecule has 1 atom stereocenters. The Labute approximate surface area is 154 Å². The minimum atomic E-state index is -0.459. The lowest BCUT2D eigenvalue weighted by atomic mass is 10.2. The summed E-state index contributed by atoms with van der Waals surface area (Å²) < 4.78 is 5.25. The van der Waals surface area contributed by atoms with E-state index in [2.05, 4.69) is 5.32 Å². The molecule has 0 radical (unpaired) electrons. The summed E-state index contributed by atoms with van der Waals surface area (Å²) in [6.45, 7) is 3.60. The van der Waals surface area contributed by atoms with Crippen LogP contribution in [-0.4, -0.2) is 23.2 Å². The zero-order valence-electron chi connectivity index (χ0n) is 13.9. The number of rotatable bonds is 6. The third kappa shape index (κ3) is 4.87. The van der Waals surface area contributed by atoms with Crippen molar-refractivity contribution in [3.8, 4) is 5.75 Å². The fourth-order valence-electron chi connectivity index (χ4n) is 2.07. The standard InChI is InChI=1S/C17H17ClN2O4S/c1-10-8-15(16(24-3)9-14(10)18)19-17(21)11(2)25-13-6-4-12(5-7-13)20(22)23/h4-9,11H,1-3H3,(H,19,21). The summed E-state index contributed by atoms with van der Waals surface area (Å²) in [5.41, 5.74) is 1.39. The lowest BCUT2D eigenvalue weighted by molar-refractivity contribution is -0.384. The van der Waals surface area contributed by atoms with Gasteiger partial charge in [0.05, 0.1) is 23.0 Å². The molecular formula is C17H17ClN2O4S. The van der Waals surface area contributed by atoms with Crippen LogP contribution in [0.5, 0.6) is 5.75 Å². The average Bonchev–Trinajstić information content (AvgIpc) is 2.58. The highest BCUT2D eigenvalue weighted by Crippen LogP contribution is 2.32. The Hall–Kier alpha value is -2.25. The summed E-state index contributed by atoms with van der Waals surface area (Å²) in [6, 6.07) is 9.49. The number of nitro groups is 1. The van der Waals surface area contributed by atoms with E-state index in [0.717, 1.165) is 10.5 Å². The number of thioether (sulfide) groups is 1. The van der Waals surface area contributed by atoms with Crippen molar-refractivity contribution in [2.45, 2.75) is 24.0 Å². The SMILES string of the molecule is COc1cc(Cl)c(C)cc1NC(=O)C(C)Sc1ccc([N+](=O)[O-])cc1. The number of benzene rings is 2. The largest absolute Gasteiger partial charge is 0.495 e. The quantitative estimate of drug-likeness (QED) is 0.447. The average molecular weight is 381 g/mol. The second-order valence-electron chi connectivity index (χ2n) is 5.30. The summed E-state index contributed by atoms with van der Waals surface area (Å²) >= 11 is 7.37. The van der Waals surface area contributed by atoms with Crippen molar-refractivity contribution in [2.75, 3.05) is 12.4 Å². The molecule has 0 aliphatic heterocycles. The van der Waals surface area contributed by atoms with Gasteiger partial charge in [0.1, 0.15) is 5.75 Å². The van der Waals surface area contributed by atoms with Crippen LogP contribution in [0.15, 0.2) is 41.3 Å². The Balaban J connectivity index is 2.07. The van der Waals surface area contributed by atoms with E-state index in [9.17, 15) is 14.9 Å². The minimum absolute atomic E-state index is 0.0165. The van der Waals surface area contributed by atoms with E-state index < -0.39 is 10.2 Å². The number of aryl methyl sites for hydroxylation is 1. The van der Waals surface area contributed by atoms with E-state index >= 15 is 0 Å². The molecular weight excluding hydrogens is 364 g/mol. The lowest BCUT2D eigenvalue weighted by Crippen LogP contribution is -2.22. The number of hydrogen-bond donors (Lipinski definition) is 1. The van der Waals surface area contributed by atoms with Crippen molar-refractivity contribution in [1.82, 2.24) is 0 Å². The molecule has 0 saturated heterocycles. The molecule has 1 unspecified atom stereocenters. The summed E-state index contributed by atoms with van der Waals surface area (Å²) in [7, 11) is 1.51. The molecule has 0 heterocycles. The predicted octanol–water partition coefficient (Wildman–Crippen LogP) is 4.68. The number of carbonyl (C=O) groups is 1.